The Kier molecular flexibility index (Phi) is 9.33. The summed E-state index contributed by atoms with van der Waals surface area (Å²) < 4.78 is 5.56. The fourth-order valence-electron chi connectivity index (χ4n) is 3.61. The highest BCUT2D eigenvalue weighted by molar-refractivity contribution is 6.35. The monoisotopic (exact) mass is 486 g/mol. The van der Waals surface area contributed by atoms with Gasteiger partial charge in [0, 0.05) is 12.2 Å². The van der Waals surface area contributed by atoms with Crippen LogP contribution in [0.15, 0.2) is 71.8 Å². The highest BCUT2D eigenvalue weighted by Crippen LogP contribution is 2.22. The van der Waals surface area contributed by atoms with Crippen molar-refractivity contribution >= 4 is 29.6 Å². The van der Waals surface area contributed by atoms with Gasteiger partial charge < -0.3 is 15.4 Å². The van der Waals surface area contributed by atoms with E-state index in [1.807, 2.05) is 63.2 Å². The molecule has 0 saturated carbocycles. The zero-order valence-corrected chi connectivity index (χ0v) is 20.6. The predicted molar refractivity (Wildman–Crippen MR) is 140 cm³/mol. The molecule has 0 radical (unpaired) electrons. The number of nitrogens with zero attached hydrogens (tertiary/aromatic N) is 1. The van der Waals surface area contributed by atoms with Crippen molar-refractivity contribution in [3.63, 3.8) is 0 Å². The van der Waals surface area contributed by atoms with Gasteiger partial charge in [0.05, 0.1) is 6.21 Å². The van der Waals surface area contributed by atoms with E-state index in [2.05, 4.69) is 21.2 Å². The molecule has 3 rings (SSSR count). The van der Waals surface area contributed by atoms with Gasteiger partial charge in [-0.3, -0.25) is 14.4 Å². The first-order chi connectivity index (χ1) is 17.3. The molecular formula is C28H30N4O4. The van der Waals surface area contributed by atoms with Crippen LogP contribution in [0, 0.1) is 20.8 Å². The molecule has 8 heteroatoms. The molecule has 0 aliphatic rings. The minimum atomic E-state index is -0.843. The van der Waals surface area contributed by atoms with E-state index in [1.54, 1.807) is 24.3 Å². The second-order valence-electron chi connectivity index (χ2n) is 8.37. The van der Waals surface area contributed by atoms with Crippen LogP contribution in [0.3, 0.4) is 0 Å². The largest absolute Gasteiger partial charge is 0.484 e. The van der Waals surface area contributed by atoms with Crippen LogP contribution in [-0.4, -0.2) is 37.1 Å². The molecule has 3 N–H and O–H groups in total. The van der Waals surface area contributed by atoms with E-state index in [1.165, 1.54) is 6.21 Å². The molecule has 8 nitrogen and oxygen atoms in total. The molecule has 0 unspecified atom stereocenters. The Morgan fingerprint density at radius 1 is 0.889 bits per heavy atom. The maximum Gasteiger partial charge on any atom is 0.329 e. The molecule has 0 atom stereocenters. The van der Waals surface area contributed by atoms with Gasteiger partial charge >= 0.3 is 11.8 Å². The smallest absolute Gasteiger partial charge is 0.329 e. The van der Waals surface area contributed by atoms with E-state index in [9.17, 15) is 14.4 Å². The summed E-state index contributed by atoms with van der Waals surface area (Å²) in [5, 5.41) is 9.27. The minimum absolute atomic E-state index is 0.129. The van der Waals surface area contributed by atoms with Crippen molar-refractivity contribution in [2.24, 2.45) is 5.10 Å². The van der Waals surface area contributed by atoms with E-state index in [0.717, 1.165) is 27.9 Å². The lowest BCUT2D eigenvalue weighted by atomic mass is 10.1. The van der Waals surface area contributed by atoms with Crippen molar-refractivity contribution in [3.8, 4) is 5.75 Å². The van der Waals surface area contributed by atoms with Crippen molar-refractivity contribution in [1.82, 2.24) is 10.7 Å². The summed E-state index contributed by atoms with van der Waals surface area (Å²) in [5.41, 5.74) is 7.90. The zero-order chi connectivity index (χ0) is 25.9. The van der Waals surface area contributed by atoms with Gasteiger partial charge in [-0.05, 0) is 73.7 Å². The number of hydrogen-bond acceptors (Lipinski definition) is 5. The Balaban J connectivity index is 1.40. The van der Waals surface area contributed by atoms with Gasteiger partial charge in [-0.1, -0.05) is 48.0 Å². The molecule has 36 heavy (non-hydrogen) atoms. The maximum atomic E-state index is 12.3. The van der Waals surface area contributed by atoms with E-state index >= 15 is 0 Å². The van der Waals surface area contributed by atoms with Gasteiger partial charge in [0.25, 0.3) is 5.91 Å². The highest BCUT2D eigenvalue weighted by atomic mass is 16.5. The zero-order valence-electron chi connectivity index (χ0n) is 20.6. The Labute approximate surface area is 210 Å². The number of hydrogen-bond donors (Lipinski definition) is 3. The van der Waals surface area contributed by atoms with E-state index in [-0.39, 0.29) is 12.5 Å². The summed E-state index contributed by atoms with van der Waals surface area (Å²) in [5.74, 6) is -1.33. The number of benzene rings is 3. The predicted octanol–water partition coefficient (Wildman–Crippen LogP) is 3.44. The molecule has 0 fully saturated rings. The summed E-state index contributed by atoms with van der Waals surface area (Å²) in [6.45, 7) is 6.15. The quantitative estimate of drug-likeness (QED) is 0.245. The topological polar surface area (TPSA) is 109 Å². The average Bonchev–Trinajstić information content (AvgIpc) is 2.86. The molecule has 0 aliphatic carbocycles. The Bertz CT molecular complexity index is 1220. The molecule has 3 aromatic rings. The first kappa shape index (κ1) is 26.2. The molecular weight excluding hydrogens is 456 g/mol. The molecule has 0 bridgehead atoms. The number of anilines is 1. The lowest BCUT2D eigenvalue weighted by molar-refractivity contribution is -0.139. The van der Waals surface area contributed by atoms with Gasteiger partial charge in [-0.15, -0.1) is 0 Å². The Hall–Kier alpha value is -4.46. The van der Waals surface area contributed by atoms with Crippen LogP contribution >= 0.6 is 0 Å². The fraction of sp³-hybridized carbons (Fsp3) is 0.214. The van der Waals surface area contributed by atoms with E-state index in [0.29, 0.717) is 24.3 Å². The van der Waals surface area contributed by atoms with Crippen molar-refractivity contribution < 1.29 is 19.1 Å². The van der Waals surface area contributed by atoms with Crippen LogP contribution in [0.25, 0.3) is 0 Å². The van der Waals surface area contributed by atoms with Crippen LogP contribution in [0.1, 0.15) is 27.8 Å². The highest BCUT2D eigenvalue weighted by Gasteiger charge is 2.12. The number of carbonyl (C=O) groups excluding carboxylic acids is 3. The molecule has 3 aromatic carbocycles. The average molecular weight is 487 g/mol. The van der Waals surface area contributed by atoms with Crippen molar-refractivity contribution in [3.05, 3.63) is 94.5 Å². The lowest BCUT2D eigenvalue weighted by Crippen LogP contribution is -2.38. The standard InChI is InChI=1S/C28H30N4O4/c1-19-15-20(2)26(21(3)16-19)31-25(33)18-36-24-11-9-23(10-12-24)17-30-32-28(35)27(34)29-14-13-22-7-5-4-6-8-22/h4-12,15-17H,13-14,18H2,1-3H3,(H,29,34)(H,31,33)(H,32,35)/b30-17-. The number of amides is 3. The number of aryl methyl sites for hydroxylation is 3. The summed E-state index contributed by atoms with van der Waals surface area (Å²) >= 11 is 0. The summed E-state index contributed by atoms with van der Waals surface area (Å²) in [7, 11) is 0. The Morgan fingerprint density at radius 2 is 1.56 bits per heavy atom. The van der Waals surface area contributed by atoms with Gasteiger partial charge in [-0.2, -0.15) is 5.10 Å². The first-order valence-electron chi connectivity index (χ1n) is 11.6. The molecule has 0 spiro atoms. The first-order valence-corrected chi connectivity index (χ1v) is 11.6. The summed E-state index contributed by atoms with van der Waals surface area (Å²) in [6, 6.07) is 20.5. The second-order valence-corrected chi connectivity index (χ2v) is 8.37. The Morgan fingerprint density at radius 3 is 2.22 bits per heavy atom. The number of carbonyl (C=O) groups is 3. The summed E-state index contributed by atoms with van der Waals surface area (Å²) in [6.07, 6.45) is 2.04. The van der Waals surface area contributed by atoms with E-state index in [4.69, 9.17) is 4.74 Å². The van der Waals surface area contributed by atoms with Crippen molar-refractivity contribution in [2.45, 2.75) is 27.2 Å². The SMILES string of the molecule is Cc1cc(C)c(NC(=O)COc2ccc(/C=N\NC(=O)C(=O)NCCc3ccccc3)cc2)c(C)c1. The van der Waals surface area contributed by atoms with Crippen molar-refractivity contribution in [2.75, 3.05) is 18.5 Å². The van der Waals surface area contributed by atoms with E-state index < -0.39 is 11.8 Å². The van der Waals surface area contributed by atoms with Crippen LogP contribution < -0.4 is 20.8 Å². The molecule has 186 valence electrons. The van der Waals surface area contributed by atoms with Gasteiger partial charge in [0.1, 0.15) is 5.75 Å². The maximum absolute atomic E-state index is 12.3. The van der Waals surface area contributed by atoms with Crippen LogP contribution in [-0.2, 0) is 20.8 Å². The number of hydrazone groups is 1. The van der Waals surface area contributed by atoms with Crippen molar-refractivity contribution in [1.29, 1.82) is 0 Å². The fourth-order valence-corrected chi connectivity index (χ4v) is 3.61. The molecule has 0 heterocycles. The van der Waals surface area contributed by atoms with Gasteiger partial charge in [0.15, 0.2) is 6.61 Å². The van der Waals surface area contributed by atoms with Gasteiger partial charge in [0.2, 0.25) is 0 Å². The minimum Gasteiger partial charge on any atom is -0.484 e. The molecule has 0 saturated heterocycles. The third-order valence-electron chi connectivity index (χ3n) is 5.32. The lowest BCUT2D eigenvalue weighted by Gasteiger charge is -2.13. The number of nitrogens with one attached hydrogen (secondary N) is 3. The van der Waals surface area contributed by atoms with Crippen LogP contribution in [0.4, 0.5) is 5.69 Å². The third-order valence-corrected chi connectivity index (χ3v) is 5.32. The van der Waals surface area contributed by atoms with Gasteiger partial charge in [-0.25, -0.2) is 5.43 Å². The summed E-state index contributed by atoms with van der Waals surface area (Å²) in [4.78, 5) is 36.1. The third kappa shape index (κ3) is 8.09. The number of rotatable bonds is 9. The second kappa shape index (κ2) is 12.9. The molecule has 0 aromatic heterocycles. The molecule has 0 aliphatic heterocycles. The van der Waals surface area contributed by atoms with Crippen LogP contribution in [0.5, 0.6) is 5.75 Å². The number of ether oxygens (including phenoxy) is 1. The molecule has 3 amide bonds. The van der Waals surface area contributed by atoms with Crippen LogP contribution in [0.2, 0.25) is 0 Å². The normalized spacial score (nSPS) is 10.6.